The van der Waals surface area contributed by atoms with Crippen LogP contribution in [-0.2, 0) is 4.74 Å². The lowest BCUT2D eigenvalue weighted by Crippen LogP contribution is -2.44. The van der Waals surface area contributed by atoms with Gasteiger partial charge in [-0.2, -0.15) is 0 Å². The van der Waals surface area contributed by atoms with Crippen molar-refractivity contribution in [1.82, 2.24) is 10.6 Å². The lowest BCUT2D eigenvalue weighted by atomic mass is 9.95. The van der Waals surface area contributed by atoms with E-state index in [2.05, 4.69) is 34.9 Å². The molecule has 4 nitrogen and oxygen atoms in total. The van der Waals surface area contributed by atoms with E-state index in [0.717, 1.165) is 32.3 Å². The van der Waals surface area contributed by atoms with E-state index in [0.29, 0.717) is 12.5 Å². The average molecular weight is 300 g/mol. The summed E-state index contributed by atoms with van der Waals surface area (Å²) < 4.78 is 5.85. The van der Waals surface area contributed by atoms with Crippen LogP contribution in [0.5, 0.6) is 0 Å². The Balaban J connectivity index is 1.48. The molecule has 3 rings (SSSR count). The minimum absolute atomic E-state index is 0.0565. The third-order valence-electron chi connectivity index (χ3n) is 4.47. The Labute approximate surface area is 131 Å². The minimum Gasteiger partial charge on any atom is -0.373 e. The highest BCUT2D eigenvalue weighted by Gasteiger charge is 2.29. The number of benzene rings is 1. The van der Waals surface area contributed by atoms with Crippen molar-refractivity contribution in [3.63, 3.8) is 0 Å². The van der Waals surface area contributed by atoms with E-state index in [-0.39, 0.29) is 18.2 Å². The highest BCUT2D eigenvalue weighted by molar-refractivity contribution is 5.74. The molecule has 3 atom stereocenters. The number of amides is 2. The second-order valence-electron chi connectivity index (χ2n) is 6.09. The van der Waals surface area contributed by atoms with Crippen LogP contribution in [0.3, 0.4) is 0 Å². The van der Waals surface area contributed by atoms with Gasteiger partial charge in [-0.3, -0.25) is 0 Å². The van der Waals surface area contributed by atoms with Gasteiger partial charge in [0.1, 0.15) is 0 Å². The van der Waals surface area contributed by atoms with Gasteiger partial charge in [-0.1, -0.05) is 42.5 Å². The summed E-state index contributed by atoms with van der Waals surface area (Å²) in [5.74, 6) is 0.347. The molecule has 0 saturated carbocycles. The first kappa shape index (κ1) is 15.1. The summed E-state index contributed by atoms with van der Waals surface area (Å²) in [7, 11) is 0. The fourth-order valence-corrected chi connectivity index (χ4v) is 3.24. The SMILES string of the molecule is O=C(NC[C@H]1CCO[C@@H]1c1ccccc1)N[C@H]1CC=CCC1. The van der Waals surface area contributed by atoms with E-state index in [1.54, 1.807) is 0 Å². The molecule has 2 amide bonds. The summed E-state index contributed by atoms with van der Waals surface area (Å²) in [6.45, 7) is 1.43. The van der Waals surface area contributed by atoms with E-state index in [4.69, 9.17) is 4.74 Å². The monoisotopic (exact) mass is 300 g/mol. The first-order chi connectivity index (χ1) is 10.8. The van der Waals surface area contributed by atoms with Gasteiger partial charge in [0.2, 0.25) is 0 Å². The van der Waals surface area contributed by atoms with Crippen LogP contribution in [0.25, 0.3) is 0 Å². The Morgan fingerprint density at radius 1 is 1.18 bits per heavy atom. The largest absolute Gasteiger partial charge is 0.373 e. The maximum atomic E-state index is 12.0. The lowest BCUT2D eigenvalue weighted by Gasteiger charge is -2.22. The molecule has 1 aliphatic carbocycles. The van der Waals surface area contributed by atoms with Gasteiger partial charge in [-0.15, -0.1) is 0 Å². The molecule has 1 fully saturated rings. The summed E-state index contributed by atoms with van der Waals surface area (Å²) >= 11 is 0. The second kappa shape index (κ2) is 7.45. The van der Waals surface area contributed by atoms with Crippen molar-refractivity contribution in [2.45, 2.75) is 37.8 Å². The summed E-state index contributed by atoms with van der Waals surface area (Å²) in [6, 6.07) is 10.5. The molecule has 0 unspecified atom stereocenters. The second-order valence-corrected chi connectivity index (χ2v) is 6.09. The highest BCUT2D eigenvalue weighted by atomic mass is 16.5. The van der Waals surface area contributed by atoms with E-state index in [1.807, 2.05) is 18.2 Å². The zero-order valence-corrected chi connectivity index (χ0v) is 12.8. The number of nitrogens with one attached hydrogen (secondary N) is 2. The molecule has 4 heteroatoms. The minimum atomic E-state index is -0.0565. The van der Waals surface area contributed by atoms with Gasteiger partial charge >= 0.3 is 6.03 Å². The Bertz CT molecular complexity index is 515. The molecule has 1 heterocycles. The summed E-state index contributed by atoms with van der Waals surface area (Å²) in [5, 5.41) is 6.07. The zero-order valence-electron chi connectivity index (χ0n) is 12.8. The fraction of sp³-hybridized carbons (Fsp3) is 0.500. The van der Waals surface area contributed by atoms with Crippen molar-refractivity contribution in [2.75, 3.05) is 13.2 Å². The van der Waals surface area contributed by atoms with E-state index in [9.17, 15) is 4.79 Å². The van der Waals surface area contributed by atoms with Crippen LogP contribution in [0.1, 0.15) is 37.4 Å². The van der Waals surface area contributed by atoms with Crippen LogP contribution >= 0.6 is 0 Å². The molecule has 1 aromatic rings. The molecular formula is C18H24N2O2. The maximum Gasteiger partial charge on any atom is 0.315 e. The van der Waals surface area contributed by atoms with E-state index in [1.165, 1.54) is 5.56 Å². The first-order valence-electron chi connectivity index (χ1n) is 8.19. The molecule has 118 valence electrons. The van der Waals surface area contributed by atoms with Crippen LogP contribution in [0, 0.1) is 5.92 Å². The van der Waals surface area contributed by atoms with Crippen LogP contribution < -0.4 is 10.6 Å². The normalized spacial score (nSPS) is 27.5. The van der Waals surface area contributed by atoms with Crippen molar-refractivity contribution in [3.05, 3.63) is 48.0 Å². The van der Waals surface area contributed by atoms with Crippen LogP contribution in [0.15, 0.2) is 42.5 Å². The molecule has 0 bridgehead atoms. The van der Waals surface area contributed by atoms with Crippen molar-refractivity contribution < 1.29 is 9.53 Å². The zero-order chi connectivity index (χ0) is 15.2. The van der Waals surface area contributed by atoms with E-state index >= 15 is 0 Å². The standard InChI is InChI=1S/C18H24N2O2/c21-18(20-16-9-5-2-6-10-16)19-13-15-11-12-22-17(15)14-7-3-1-4-8-14/h1-5,7-8,15-17H,6,9-13H2,(H2,19,20,21)/t15-,16+,17-/m1/s1. The highest BCUT2D eigenvalue weighted by Crippen LogP contribution is 2.33. The number of urea groups is 1. The number of hydrogen-bond acceptors (Lipinski definition) is 2. The number of hydrogen-bond donors (Lipinski definition) is 2. The summed E-state index contributed by atoms with van der Waals surface area (Å²) in [4.78, 5) is 12.0. The average Bonchev–Trinajstić information content (AvgIpc) is 3.03. The van der Waals surface area contributed by atoms with Gasteiger partial charge in [0.15, 0.2) is 0 Å². The molecule has 1 aliphatic heterocycles. The van der Waals surface area contributed by atoms with Crippen LogP contribution in [-0.4, -0.2) is 25.2 Å². The summed E-state index contributed by atoms with van der Waals surface area (Å²) in [6.07, 6.45) is 8.43. The molecule has 0 radical (unpaired) electrons. The van der Waals surface area contributed by atoms with Crippen molar-refractivity contribution in [1.29, 1.82) is 0 Å². The van der Waals surface area contributed by atoms with Gasteiger partial charge in [0.25, 0.3) is 0 Å². The topological polar surface area (TPSA) is 50.4 Å². The molecule has 22 heavy (non-hydrogen) atoms. The maximum absolute atomic E-state index is 12.0. The Morgan fingerprint density at radius 3 is 2.82 bits per heavy atom. The fourth-order valence-electron chi connectivity index (χ4n) is 3.24. The van der Waals surface area contributed by atoms with E-state index < -0.39 is 0 Å². The number of carbonyl (C=O) groups excluding carboxylic acids is 1. The van der Waals surface area contributed by atoms with Gasteiger partial charge in [0.05, 0.1) is 6.10 Å². The number of carbonyl (C=O) groups is 1. The molecule has 2 aliphatic rings. The number of rotatable bonds is 4. The smallest absolute Gasteiger partial charge is 0.315 e. The summed E-state index contributed by atoms with van der Waals surface area (Å²) in [5.41, 5.74) is 1.20. The predicted molar refractivity (Wildman–Crippen MR) is 86.6 cm³/mol. The molecule has 1 saturated heterocycles. The molecular weight excluding hydrogens is 276 g/mol. The van der Waals surface area contributed by atoms with Crippen molar-refractivity contribution >= 4 is 6.03 Å². The lowest BCUT2D eigenvalue weighted by molar-refractivity contribution is 0.0909. The molecule has 2 N–H and O–H groups in total. The first-order valence-corrected chi connectivity index (χ1v) is 8.19. The Hall–Kier alpha value is -1.81. The quantitative estimate of drug-likeness (QED) is 0.839. The van der Waals surface area contributed by atoms with Gasteiger partial charge in [-0.25, -0.2) is 4.79 Å². The van der Waals surface area contributed by atoms with Crippen molar-refractivity contribution in [3.8, 4) is 0 Å². The van der Waals surface area contributed by atoms with Gasteiger partial charge < -0.3 is 15.4 Å². The third kappa shape index (κ3) is 3.89. The van der Waals surface area contributed by atoms with Gasteiger partial charge in [-0.05, 0) is 31.2 Å². The third-order valence-corrected chi connectivity index (χ3v) is 4.47. The molecule has 1 aromatic carbocycles. The molecule has 0 aromatic heterocycles. The number of allylic oxidation sites excluding steroid dienone is 1. The van der Waals surface area contributed by atoms with Crippen LogP contribution in [0.4, 0.5) is 4.79 Å². The Morgan fingerprint density at radius 2 is 2.05 bits per heavy atom. The predicted octanol–water partition coefficient (Wildman–Crippen LogP) is 3.17. The number of ether oxygens (including phenoxy) is 1. The van der Waals surface area contributed by atoms with Gasteiger partial charge in [0, 0.05) is 25.1 Å². The van der Waals surface area contributed by atoms with Crippen molar-refractivity contribution in [2.24, 2.45) is 5.92 Å². The van der Waals surface area contributed by atoms with Crippen LogP contribution in [0.2, 0.25) is 0 Å². The molecule has 0 spiro atoms. The Kier molecular flexibility index (Phi) is 5.11.